The van der Waals surface area contributed by atoms with E-state index in [2.05, 4.69) is 25.4 Å². The molecule has 3 aromatic rings. The van der Waals surface area contributed by atoms with Gasteiger partial charge in [-0.2, -0.15) is 10.2 Å². The van der Waals surface area contributed by atoms with Gasteiger partial charge in [0.15, 0.2) is 6.61 Å². The van der Waals surface area contributed by atoms with Gasteiger partial charge in [-0.15, -0.1) is 0 Å². The van der Waals surface area contributed by atoms with Crippen LogP contribution >= 0.6 is 11.3 Å². The number of halogens is 2. The second-order valence-corrected chi connectivity index (χ2v) is 10.4. The minimum Gasteiger partial charge on any atom is -0.464 e. The fraction of sp³-hybridized carbons (Fsp3) is 0.520. The molecule has 1 amide bonds. The summed E-state index contributed by atoms with van der Waals surface area (Å²) in [4.78, 5) is 20.9. The Kier molecular flexibility index (Phi) is 7.48. The average Bonchev–Trinajstić information content (AvgIpc) is 3.29. The summed E-state index contributed by atoms with van der Waals surface area (Å²) in [5, 5.41) is 12.5. The van der Waals surface area contributed by atoms with Crippen molar-refractivity contribution in [1.29, 1.82) is 0 Å². The summed E-state index contributed by atoms with van der Waals surface area (Å²) in [7, 11) is 0. The molecule has 7 nitrogen and oxygen atoms in total. The Morgan fingerprint density at radius 2 is 2.06 bits per heavy atom. The van der Waals surface area contributed by atoms with Gasteiger partial charge in [-0.05, 0) is 57.1 Å². The van der Waals surface area contributed by atoms with E-state index in [1.807, 2.05) is 24.3 Å². The predicted octanol–water partition coefficient (Wildman–Crippen LogP) is 4.47. The van der Waals surface area contributed by atoms with E-state index in [4.69, 9.17) is 4.74 Å². The molecule has 0 bridgehead atoms. The van der Waals surface area contributed by atoms with Crippen molar-refractivity contribution in [3.8, 4) is 5.19 Å². The molecule has 0 unspecified atom stereocenters. The highest BCUT2D eigenvalue weighted by atomic mass is 32.1. The van der Waals surface area contributed by atoms with Gasteiger partial charge < -0.3 is 10.1 Å². The van der Waals surface area contributed by atoms with E-state index in [-0.39, 0.29) is 11.9 Å². The van der Waals surface area contributed by atoms with Gasteiger partial charge in [-0.1, -0.05) is 29.5 Å². The van der Waals surface area contributed by atoms with Crippen LogP contribution in [-0.4, -0.2) is 58.2 Å². The van der Waals surface area contributed by atoms with E-state index in [1.165, 1.54) is 11.3 Å². The Morgan fingerprint density at radius 3 is 2.89 bits per heavy atom. The number of nitrogens with one attached hydrogen (secondary N) is 1. The molecule has 1 saturated carbocycles. The van der Waals surface area contributed by atoms with Crippen molar-refractivity contribution in [2.75, 3.05) is 19.7 Å². The Bertz CT molecular complexity index is 1160. The molecule has 35 heavy (non-hydrogen) atoms. The number of hydrogen-bond donors (Lipinski definition) is 1. The van der Waals surface area contributed by atoms with Crippen LogP contribution < -0.4 is 10.1 Å². The maximum absolute atomic E-state index is 12.9. The Balaban J connectivity index is 1.06. The molecule has 10 heteroatoms. The molecular formula is C25H29F2N5O2S. The van der Waals surface area contributed by atoms with E-state index in [1.54, 1.807) is 6.20 Å². The van der Waals surface area contributed by atoms with E-state index in [0.717, 1.165) is 79.6 Å². The summed E-state index contributed by atoms with van der Waals surface area (Å²) < 4.78 is 29.9. The second kappa shape index (κ2) is 10.9. The number of hydrogen-bond acceptors (Lipinski definition) is 7. The van der Waals surface area contributed by atoms with E-state index in [0.29, 0.717) is 16.7 Å². The molecule has 0 radical (unpaired) electrons. The lowest BCUT2D eigenvalue weighted by atomic mass is 9.84. The van der Waals surface area contributed by atoms with Crippen LogP contribution in [0, 0.1) is 5.92 Å². The van der Waals surface area contributed by atoms with Crippen molar-refractivity contribution in [1.82, 2.24) is 25.4 Å². The maximum Gasteiger partial charge on any atom is 0.273 e. The van der Waals surface area contributed by atoms with E-state index < -0.39 is 13.0 Å². The molecule has 3 heterocycles. The molecular weight excluding hydrogens is 472 g/mol. The number of benzene rings is 1. The summed E-state index contributed by atoms with van der Waals surface area (Å²) in [5.41, 5.74) is 2.27. The highest BCUT2D eigenvalue weighted by Gasteiger charge is 2.26. The normalized spacial score (nSPS) is 20.7. The summed E-state index contributed by atoms with van der Waals surface area (Å²) in [6.45, 7) is 2.11. The molecule has 1 N–H and O–H groups in total. The fourth-order valence-electron chi connectivity index (χ4n) is 5.03. The molecule has 2 aromatic heterocycles. The van der Waals surface area contributed by atoms with Gasteiger partial charge in [0.25, 0.3) is 17.5 Å². The van der Waals surface area contributed by atoms with Crippen LogP contribution in [0.25, 0.3) is 10.9 Å². The Hall–Kier alpha value is -2.72. The van der Waals surface area contributed by atoms with Crippen molar-refractivity contribution in [3.05, 3.63) is 46.6 Å². The minimum atomic E-state index is -2.48. The first-order valence-electron chi connectivity index (χ1n) is 12.2. The van der Waals surface area contributed by atoms with Crippen molar-refractivity contribution >= 4 is 28.1 Å². The highest BCUT2D eigenvalue weighted by molar-refractivity contribution is 7.13. The molecule has 0 atom stereocenters. The van der Waals surface area contributed by atoms with Crippen molar-refractivity contribution < 1.29 is 18.3 Å². The number of fused-ring (bicyclic) bond motifs is 2. The second-order valence-electron chi connectivity index (χ2n) is 9.33. The first kappa shape index (κ1) is 24.0. The van der Waals surface area contributed by atoms with Gasteiger partial charge in [-0.25, -0.2) is 13.8 Å². The number of ether oxygens (including phenoxy) is 1. The maximum atomic E-state index is 12.9. The van der Waals surface area contributed by atoms with Gasteiger partial charge in [0.05, 0.1) is 23.0 Å². The topological polar surface area (TPSA) is 80.2 Å². The SMILES string of the molecule is O=C(N[C@H]1CC[C@H](CCN2CCc3sc(OCC(F)F)nc3C2)CC1)c1cnnc2ccccc12. The number of nitrogens with zero attached hydrogens (tertiary/aromatic N) is 4. The zero-order valence-corrected chi connectivity index (χ0v) is 20.3. The van der Waals surface area contributed by atoms with E-state index >= 15 is 0 Å². The van der Waals surface area contributed by atoms with Gasteiger partial charge in [0, 0.05) is 29.4 Å². The largest absolute Gasteiger partial charge is 0.464 e. The lowest BCUT2D eigenvalue weighted by molar-refractivity contribution is 0.0815. The molecule has 186 valence electrons. The van der Waals surface area contributed by atoms with Crippen LogP contribution in [0.5, 0.6) is 5.19 Å². The summed E-state index contributed by atoms with van der Waals surface area (Å²) >= 11 is 1.39. The van der Waals surface area contributed by atoms with Gasteiger partial charge in [0.1, 0.15) is 0 Å². The molecule has 1 aliphatic heterocycles. The molecule has 1 fully saturated rings. The lowest BCUT2D eigenvalue weighted by Crippen LogP contribution is -2.38. The van der Waals surface area contributed by atoms with Crippen LogP contribution in [0.3, 0.4) is 0 Å². The van der Waals surface area contributed by atoms with Crippen molar-refractivity contribution in [2.45, 2.75) is 57.5 Å². The van der Waals surface area contributed by atoms with Crippen LogP contribution in [0.2, 0.25) is 0 Å². The number of carbonyl (C=O) groups excluding carboxylic acids is 1. The number of amides is 1. The first-order valence-corrected chi connectivity index (χ1v) is 13.0. The molecule has 2 aliphatic rings. The standard InChI is InChI=1S/C25H29F2N5O2S/c26-23(27)15-34-25-30-21-14-32(12-10-22(21)35-25)11-9-16-5-7-17(8-6-16)29-24(33)19-13-28-31-20-4-2-1-3-18(19)20/h1-4,13,16-17,23H,5-12,14-15H2,(H,29,33)/t16-,17-. The molecule has 0 spiro atoms. The zero-order chi connectivity index (χ0) is 24.2. The quantitative estimate of drug-likeness (QED) is 0.491. The molecule has 5 rings (SSSR count). The minimum absolute atomic E-state index is 0.0798. The summed E-state index contributed by atoms with van der Waals surface area (Å²) in [6, 6.07) is 7.75. The smallest absolute Gasteiger partial charge is 0.273 e. The van der Waals surface area contributed by atoms with Gasteiger partial charge >= 0.3 is 0 Å². The van der Waals surface area contributed by atoms with Crippen LogP contribution in [0.1, 0.15) is 53.0 Å². The van der Waals surface area contributed by atoms with Crippen LogP contribution in [0.4, 0.5) is 8.78 Å². The molecule has 0 saturated heterocycles. The zero-order valence-electron chi connectivity index (χ0n) is 19.5. The number of rotatable bonds is 8. The van der Waals surface area contributed by atoms with E-state index in [9.17, 15) is 13.6 Å². The van der Waals surface area contributed by atoms with Crippen molar-refractivity contribution in [2.24, 2.45) is 5.92 Å². The average molecular weight is 502 g/mol. The molecule has 1 aromatic carbocycles. The molecule has 1 aliphatic carbocycles. The fourth-order valence-corrected chi connectivity index (χ4v) is 5.94. The number of carbonyl (C=O) groups is 1. The van der Waals surface area contributed by atoms with Gasteiger partial charge in [-0.3, -0.25) is 9.69 Å². The third-order valence-electron chi connectivity index (χ3n) is 6.95. The van der Waals surface area contributed by atoms with Crippen LogP contribution in [0.15, 0.2) is 30.5 Å². The third-order valence-corrected chi connectivity index (χ3v) is 8.02. The van der Waals surface area contributed by atoms with Crippen molar-refractivity contribution in [3.63, 3.8) is 0 Å². The summed E-state index contributed by atoms with van der Waals surface area (Å²) in [6.07, 6.45) is 5.23. The number of aromatic nitrogens is 3. The number of thiazole rings is 1. The van der Waals surface area contributed by atoms with Crippen LogP contribution in [-0.2, 0) is 13.0 Å². The highest BCUT2D eigenvalue weighted by Crippen LogP contribution is 2.32. The Labute approximate surface area is 206 Å². The number of alkyl halides is 2. The monoisotopic (exact) mass is 501 g/mol. The Morgan fingerprint density at radius 1 is 1.23 bits per heavy atom. The third kappa shape index (κ3) is 5.92. The first-order chi connectivity index (χ1) is 17.0. The predicted molar refractivity (Wildman–Crippen MR) is 130 cm³/mol. The lowest BCUT2D eigenvalue weighted by Gasteiger charge is -2.32. The summed E-state index contributed by atoms with van der Waals surface area (Å²) in [5.74, 6) is 0.567. The van der Waals surface area contributed by atoms with Gasteiger partial charge in [0.2, 0.25) is 0 Å².